The molecule has 0 spiro atoms. The zero-order valence-electron chi connectivity index (χ0n) is 8.99. The summed E-state index contributed by atoms with van der Waals surface area (Å²) in [5.41, 5.74) is 7.12. The van der Waals surface area contributed by atoms with Crippen LogP contribution in [-0.2, 0) is 0 Å². The largest absolute Gasteiger partial charge is 0.477 e. The van der Waals surface area contributed by atoms with Gasteiger partial charge in [0.05, 0.1) is 10.6 Å². The average Bonchev–Trinajstić information content (AvgIpc) is 2.71. The van der Waals surface area contributed by atoms with Crippen LogP contribution in [0.4, 0.5) is 11.4 Å². The van der Waals surface area contributed by atoms with Crippen molar-refractivity contribution in [2.45, 2.75) is 0 Å². The molecule has 2 rings (SSSR count). The number of aromatic carboxylic acids is 1. The van der Waals surface area contributed by atoms with Crippen molar-refractivity contribution in [3.63, 3.8) is 0 Å². The minimum Gasteiger partial charge on any atom is -0.477 e. The molecular weight excluding hydrogens is 256 g/mol. The number of hydrogen-bond donors (Lipinski definition) is 2. The SMILES string of the molecule is Nc1c(-c2ccc([N+](=O)[O-])cc2)csc1C(=O)O. The second kappa shape index (κ2) is 4.46. The first kappa shape index (κ1) is 12.1. The summed E-state index contributed by atoms with van der Waals surface area (Å²) in [6, 6.07) is 5.80. The third kappa shape index (κ3) is 2.03. The third-order valence-corrected chi connectivity index (χ3v) is 3.40. The van der Waals surface area contributed by atoms with Gasteiger partial charge in [0.2, 0.25) is 0 Å². The summed E-state index contributed by atoms with van der Waals surface area (Å²) in [6.45, 7) is 0. The molecule has 6 nitrogen and oxygen atoms in total. The second-order valence-electron chi connectivity index (χ2n) is 3.50. The number of nitro groups is 1. The summed E-state index contributed by atoms with van der Waals surface area (Å²) in [7, 11) is 0. The molecule has 0 aliphatic carbocycles. The predicted molar refractivity (Wildman–Crippen MR) is 67.8 cm³/mol. The zero-order valence-corrected chi connectivity index (χ0v) is 9.81. The van der Waals surface area contributed by atoms with Crippen LogP contribution in [0.1, 0.15) is 9.67 Å². The van der Waals surface area contributed by atoms with E-state index in [1.807, 2.05) is 0 Å². The van der Waals surface area contributed by atoms with Gasteiger partial charge in [0.1, 0.15) is 4.88 Å². The van der Waals surface area contributed by atoms with E-state index in [-0.39, 0.29) is 16.3 Å². The van der Waals surface area contributed by atoms with Gasteiger partial charge < -0.3 is 10.8 Å². The number of non-ortho nitro benzene ring substituents is 1. The fourth-order valence-corrected chi connectivity index (χ4v) is 2.36. The zero-order chi connectivity index (χ0) is 13.3. The van der Waals surface area contributed by atoms with E-state index in [0.717, 1.165) is 11.3 Å². The molecule has 0 saturated heterocycles. The van der Waals surface area contributed by atoms with Gasteiger partial charge in [-0.1, -0.05) is 0 Å². The minimum absolute atomic E-state index is 0.0222. The van der Waals surface area contributed by atoms with E-state index in [9.17, 15) is 14.9 Å². The van der Waals surface area contributed by atoms with Crippen LogP contribution in [-0.4, -0.2) is 16.0 Å². The number of anilines is 1. The van der Waals surface area contributed by atoms with Crippen molar-refractivity contribution in [1.29, 1.82) is 0 Å². The van der Waals surface area contributed by atoms with E-state index < -0.39 is 10.9 Å². The Kier molecular flexibility index (Phi) is 2.99. The van der Waals surface area contributed by atoms with Gasteiger partial charge in [-0.15, -0.1) is 11.3 Å². The molecule has 2 aromatic rings. The van der Waals surface area contributed by atoms with E-state index in [1.165, 1.54) is 12.1 Å². The molecule has 0 radical (unpaired) electrons. The summed E-state index contributed by atoms with van der Waals surface area (Å²) in [5, 5.41) is 21.0. The number of carboxylic acid groups (broad SMARTS) is 1. The van der Waals surface area contributed by atoms with Crippen molar-refractivity contribution in [2.24, 2.45) is 0 Å². The molecular formula is C11H8N2O4S. The Morgan fingerprint density at radius 1 is 1.33 bits per heavy atom. The smallest absolute Gasteiger partial charge is 0.348 e. The molecule has 0 aliphatic heterocycles. The van der Waals surface area contributed by atoms with Crippen molar-refractivity contribution >= 4 is 28.7 Å². The summed E-state index contributed by atoms with van der Waals surface area (Å²) in [5.74, 6) is -1.08. The molecule has 0 unspecified atom stereocenters. The molecule has 1 aromatic heterocycles. The number of carboxylic acids is 1. The van der Waals surface area contributed by atoms with Crippen molar-refractivity contribution in [3.8, 4) is 11.1 Å². The van der Waals surface area contributed by atoms with Gasteiger partial charge in [-0.25, -0.2) is 4.79 Å². The molecule has 92 valence electrons. The highest BCUT2D eigenvalue weighted by Crippen LogP contribution is 2.34. The van der Waals surface area contributed by atoms with Crippen molar-refractivity contribution in [3.05, 3.63) is 44.6 Å². The summed E-state index contributed by atoms with van der Waals surface area (Å²) < 4.78 is 0. The lowest BCUT2D eigenvalue weighted by Gasteiger charge is -2.00. The number of hydrogen-bond acceptors (Lipinski definition) is 5. The van der Waals surface area contributed by atoms with Crippen LogP contribution in [0.3, 0.4) is 0 Å². The minimum atomic E-state index is -1.08. The topological polar surface area (TPSA) is 106 Å². The maximum atomic E-state index is 10.9. The van der Waals surface area contributed by atoms with E-state index in [2.05, 4.69) is 0 Å². The second-order valence-corrected chi connectivity index (χ2v) is 4.38. The molecule has 7 heteroatoms. The van der Waals surface area contributed by atoms with Crippen molar-refractivity contribution in [1.82, 2.24) is 0 Å². The van der Waals surface area contributed by atoms with Crippen LogP contribution in [0, 0.1) is 10.1 Å². The normalized spacial score (nSPS) is 10.2. The van der Waals surface area contributed by atoms with Gasteiger partial charge in [0.25, 0.3) is 5.69 Å². The highest BCUT2D eigenvalue weighted by molar-refractivity contribution is 7.13. The van der Waals surface area contributed by atoms with Gasteiger partial charge in [0.15, 0.2) is 0 Å². The van der Waals surface area contributed by atoms with E-state index in [4.69, 9.17) is 10.8 Å². The number of nitrogen functional groups attached to an aromatic ring is 1. The molecule has 0 fully saturated rings. The van der Waals surface area contributed by atoms with Gasteiger partial charge in [-0.05, 0) is 17.7 Å². The van der Waals surface area contributed by atoms with Crippen LogP contribution in [0.25, 0.3) is 11.1 Å². The number of carbonyl (C=O) groups is 1. The number of rotatable bonds is 3. The number of benzene rings is 1. The first-order valence-electron chi connectivity index (χ1n) is 4.86. The first-order valence-corrected chi connectivity index (χ1v) is 5.73. The van der Waals surface area contributed by atoms with E-state index in [0.29, 0.717) is 11.1 Å². The Bertz CT molecular complexity index is 618. The fraction of sp³-hybridized carbons (Fsp3) is 0. The van der Waals surface area contributed by atoms with Crippen LogP contribution >= 0.6 is 11.3 Å². The molecule has 0 bridgehead atoms. The summed E-state index contributed by atoms with van der Waals surface area (Å²) in [6.07, 6.45) is 0. The van der Waals surface area contributed by atoms with Crippen molar-refractivity contribution < 1.29 is 14.8 Å². The Labute approximate surface area is 105 Å². The van der Waals surface area contributed by atoms with Gasteiger partial charge in [0, 0.05) is 23.1 Å². The molecule has 1 aromatic carbocycles. The van der Waals surface area contributed by atoms with E-state index in [1.54, 1.807) is 17.5 Å². The number of nitro benzene ring substituents is 1. The van der Waals surface area contributed by atoms with E-state index >= 15 is 0 Å². The predicted octanol–water partition coefficient (Wildman–Crippen LogP) is 2.60. The standard InChI is InChI=1S/C11H8N2O4S/c12-9-8(5-18-10(9)11(14)15)6-1-3-7(4-2-6)13(16)17/h1-5H,12H2,(H,14,15). The van der Waals surface area contributed by atoms with Gasteiger partial charge in [-0.3, -0.25) is 10.1 Å². The summed E-state index contributed by atoms with van der Waals surface area (Å²) >= 11 is 1.03. The highest BCUT2D eigenvalue weighted by Gasteiger charge is 2.16. The monoisotopic (exact) mass is 264 g/mol. The lowest BCUT2D eigenvalue weighted by Crippen LogP contribution is -1.98. The van der Waals surface area contributed by atoms with Crippen LogP contribution in [0.15, 0.2) is 29.6 Å². The van der Waals surface area contributed by atoms with Crippen molar-refractivity contribution in [2.75, 3.05) is 5.73 Å². The summed E-state index contributed by atoms with van der Waals surface area (Å²) in [4.78, 5) is 20.9. The average molecular weight is 264 g/mol. The molecule has 0 saturated carbocycles. The molecule has 18 heavy (non-hydrogen) atoms. The number of thiophene rings is 1. The number of nitrogens with two attached hydrogens (primary N) is 1. The quantitative estimate of drug-likeness (QED) is 0.654. The molecule has 0 atom stereocenters. The Morgan fingerprint density at radius 3 is 2.39 bits per heavy atom. The Morgan fingerprint density at radius 2 is 1.94 bits per heavy atom. The Balaban J connectivity index is 2.43. The molecule has 1 heterocycles. The van der Waals surface area contributed by atoms with Gasteiger partial charge >= 0.3 is 5.97 Å². The van der Waals surface area contributed by atoms with Crippen LogP contribution in [0.5, 0.6) is 0 Å². The first-order chi connectivity index (χ1) is 8.50. The van der Waals surface area contributed by atoms with Crippen LogP contribution in [0.2, 0.25) is 0 Å². The molecule has 3 N–H and O–H groups in total. The third-order valence-electron chi connectivity index (χ3n) is 2.41. The Hall–Kier alpha value is -2.41. The fourth-order valence-electron chi connectivity index (χ4n) is 1.52. The lowest BCUT2D eigenvalue weighted by atomic mass is 10.1. The molecule has 0 aliphatic rings. The highest BCUT2D eigenvalue weighted by atomic mass is 32.1. The van der Waals surface area contributed by atoms with Crippen LogP contribution < -0.4 is 5.73 Å². The number of nitrogens with zero attached hydrogens (tertiary/aromatic N) is 1. The molecule has 0 amide bonds. The maximum Gasteiger partial charge on any atom is 0.348 e. The van der Waals surface area contributed by atoms with Gasteiger partial charge in [-0.2, -0.15) is 0 Å². The maximum absolute atomic E-state index is 10.9. The lowest BCUT2D eigenvalue weighted by molar-refractivity contribution is -0.384.